The maximum atomic E-state index is 12.7. The Morgan fingerprint density at radius 3 is 2.31 bits per heavy atom. The Labute approximate surface area is 157 Å². The quantitative estimate of drug-likeness (QED) is 0.605. The zero-order chi connectivity index (χ0) is 18.8. The number of nitro groups is 1. The lowest BCUT2D eigenvalue weighted by Crippen LogP contribution is -2.49. The Hall–Kier alpha value is -2.60. The third kappa shape index (κ3) is 3.65. The van der Waals surface area contributed by atoms with Crippen molar-refractivity contribution in [2.75, 3.05) is 31.1 Å². The van der Waals surface area contributed by atoms with Gasteiger partial charge in [0.15, 0.2) is 0 Å². The van der Waals surface area contributed by atoms with Crippen molar-refractivity contribution < 1.29 is 9.72 Å². The van der Waals surface area contributed by atoms with Crippen LogP contribution in [0.1, 0.15) is 21.5 Å². The Morgan fingerprint density at radius 1 is 1.04 bits per heavy atom. The first-order valence-electron chi connectivity index (χ1n) is 8.42. The van der Waals surface area contributed by atoms with Crippen LogP contribution < -0.4 is 4.90 Å². The molecule has 7 heteroatoms. The number of halogens is 1. The first-order valence-corrected chi connectivity index (χ1v) is 8.80. The SMILES string of the molecule is Cc1ccc(C(=O)N2CCN(c3ccc([N+](=O)[O-])cc3C)CC2)cc1Cl. The zero-order valence-electron chi connectivity index (χ0n) is 14.7. The summed E-state index contributed by atoms with van der Waals surface area (Å²) < 4.78 is 0. The summed E-state index contributed by atoms with van der Waals surface area (Å²) in [5, 5.41) is 11.5. The van der Waals surface area contributed by atoms with E-state index in [0.29, 0.717) is 36.8 Å². The third-order valence-corrected chi connectivity index (χ3v) is 5.12. The second kappa shape index (κ2) is 7.33. The molecule has 0 atom stereocenters. The molecule has 0 unspecified atom stereocenters. The molecular weight excluding hydrogens is 354 g/mol. The Balaban J connectivity index is 1.68. The molecule has 0 radical (unpaired) electrons. The van der Waals surface area contributed by atoms with Gasteiger partial charge in [-0.25, -0.2) is 0 Å². The van der Waals surface area contributed by atoms with Gasteiger partial charge >= 0.3 is 0 Å². The van der Waals surface area contributed by atoms with Crippen molar-refractivity contribution >= 4 is 28.9 Å². The van der Waals surface area contributed by atoms with Gasteiger partial charge in [0, 0.05) is 54.6 Å². The zero-order valence-corrected chi connectivity index (χ0v) is 15.5. The van der Waals surface area contributed by atoms with Crippen LogP contribution in [-0.2, 0) is 0 Å². The number of carbonyl (C=O) groups is 1. The fourth-order valence-electron chi connectivity index (χ4n) is 3.17. The van der Waals surface area contributed by atoms with Crippen molar-refractivity contribution in [1.29, 1.82) is 0 Å². The number of non-ortho nitro benzene ring substituents is 1. The predicted molar refractivity (Wildman–Crippen MR) is 102 cm³/mol. The summed E-state index contributed by atoms with van der Waals surface area (Å²) in [4.78, 5) is 27.1. The molecule has 2 aromatic rings. The number of hydrogen-bond acceptors (Lipinski definition) is 4. The number of carbonyl (C=O) groups excluding carboxylic acids is 1. The number of nitro benzene ring substituents is 1. The van der Waals surface area contributed by atoms with Gasteiger partial charge in [-0.3, -0.25) is 14.9 Å². The van der Waals surface area contributed by atoms with Gasteiger partial charge in [-0.15, -0.1) is 0 Å². The molecule has 26 heavy (non-hydrogen) atoms. The molecule has 2 aromatic carbocycles. The van der Waals surface area contributed by atoms with Gasteiger partial charge in [-0.05, 0) is 43.2 Å². The number of anilines is 1. The van der Waals surface area contributed by atoms with Crippen LogP contribution in [0.25, 0.3) is 0 Å². The predicted octanol–water partition coefficient (Wildman–Crippen LogP) is 3.83. The maximum Gasteiger partial charge on any atom is 0.269 e. The number of benzene rings is 2. The van der Waals surface area contributed by atoms with E-state index in [1.165, 1.54) is 6.07 Å². The third-order valence-electron chi connectivity index (χ3n) is 4.72. The summed E-state index contributed by atoms with van der Waals surface area (Å²) in [7, 11) is 0. The van der Waals surface area contributed by atoms with Crippen molar-refractivity contribution in [1.82, 2.24) is 4.90 Å². The van der Waals surface area contributed by atoms with E-state index >= 15 is 0 Å². The molecule has 0 spiro atoms. The molecule has 1 aliphatic rings. The summed E-state index contributed by atoms with van der Waals surface area (Å²) >= 11 is 6.13. The van der Waals surface area contributed by atoms with Crippen LogP contribution in [0.4, 0.5) is 11.4 Å². The van der Waals surface area contributed by atoms with E-state index in [0.717, 1.165) is 16.8 Å². The molecule has 0 aliphatic carbocycles. The van der Waals surface area contributed by atoms with E-state index in [1.807, 2.05) is 24.8 Å². The lowest BCUT2D eigenvalue weighted by atomic mass is 10.1. The highest BCUT2D eigenvalue weighted by Crippen LogP contribution is 2.26. The minimum Gasteiger partial charge on any atom is -0.368 e. The number of amides is 1. The molecule has 1 saturated heterocycles. The molecule has 6 nitrogen and oxygen atoms in total. The van der Waals surface area contributed by atoms with Crippen molar-refractivity contribution in [3.8, 4) is 0 Å². The minimum absolute atomic E-state index is 0.0213. The van der Waals surface area contributed by atoms with E-state index in [4.69, 9.17) is 11.6 Å². The summed E-state index contributed by atoms with van der Waals surface area (Å²) in [6, 6.07) is 10.3. The fraction of sp³-hybridized carbons (Fsp3) is 0.316. The number of piperazine rings is 1. The second-order valence-corrected chi connectivity index (χ2v) is 6.88. The van der Waals surface area contributed by atoms with E-state index in [-0.39, 0.29) is 16.5 Å². The van der Waals surface area contributed by atoms with Gasteiger partial charge in [0.2, 0.25) is 0 Å². The van der Waals surface area contributed by atoms with Crippen LogP contribution >= 0.6 is 11.6 Å². The summed E-state index contributed by atoms with van der Waals surface area (Å²) in [5.74, 6) is -0.0213. The number of nitrogens with zero attached hydrogens (tertiary/aromatic N) is 3. The standard InChI is InChI=1S/C19H20ClN3O3/c1-13-3-4-15(12-17(13)20)19(24)22-9-7-21(8-10-22)18-6-5-16(23(25)26)11-14(18)2/h3-6,11-12H,7-10H2,1-2H3. The molecule has 0 saturated carbocycles. The first kappa shape index (κ1) is 18.2. The van der Waals surface area contributed by atoms with E-state index in [9.17, 15) is 14.9 Å². The molecule has 1 fully saturated rings. The molecule has 1 amide bonds. The van der Waals surface area contributed by atoms with Gasteiger partial charge in [0.05, 0.1) is 4.92 Å². The minimum atomic E-state index is -0.389. The smallest absolute Gasteiger partial charge is 0.269 e. The molecule has 1 heterocycles. The van der Waals surface area contributed by atoms with Gasteiger partial charge in [0.25, 0.3) is 11.6 Å². The fourth-order valence-corrected chi connectivity index (χ4v) is 3.35. The average Bonchev–Trinajstić information content (AvgIpc) is 2.63. The van der Waals surface area contributed by atoms with Crippen LogP contribution in [-0.4, -0.2) is 41.9 Å². The molecule has 0 aromatic heterocycles. The lowest BCUT2D eigenvalue weighted by molar-refractivity contribution is -0.384. The van der Waals surface area contributed by atoms with Crippen LogP contribution in [0, 0.1) is 24.0 Å². The van der Waals surface area contributed by atoms with Crippen molar-refractivity contribution in [2.45, 2.75) is 13.8 Å². The first-order chi connectivity index (χ1) is 12.4. The van der Waals surface area contributed by atoms with Crippen molar-refractivity contribution in [3.05, 3.63) is 68.2 Å². The largest absolute Gasteiger partial charge is 0.368 e. The Morgan fingerprint density at radius 2 is 1.73 bits per heavy atom. The van der Waals surface area contributed by atoms with E-state index in [2.05, 4.69) is 4.90 Å². The molecule has 0 bridgehead atoms. The highest BCUT2D eigenvalue weighted by Gasteiger charge is 2.24. The Bertz CT molecular complexity index is 861. The van der Waals surface area contributed by atoms with E-state index in [1.54, 1.807) is 24.3 Å². The number of hydrogen-bond donors (Lipinski definition) is 0. The van der Waals surface area contributed by atoms with Crippen LogP contribution in [0.3, 0.4) is 0 Å². The monoisotopic (exact) mass is 373 g/mol. The van der Waals surface area contributed by atoms with Crippen LogP contribution in [0.5, 0.6) is 0 Å². The Kier molecular flexibility index (Phi) is 5.13. The molecule has 0 N–H and O–H groups in total. The van der Waals surface area contributed by atoms with Crippen LogP contribution in [0.2, 0.25) is 5.02 Å². The van der Waals surface area contributed by atoms with Crippen LogP contribution in [0.15, 0.2) is 36.4 Å². The highest BCUT2D eigenvalue weighted by molar-refractivity contribution is 6.31. The van der Waals surface area contributed by atoms with E-state index < -0.39 is 0 Å². The summed E-state index contributed by atoms with van der Waals surface area (Å²) in [6.07, 6.45) is 0. The molecular formula is C19H20ClN3O3. The number of aryl methyl sites for hydroxylation is 2. The molecule has 136 valence electrons. The van der Waals surface area contributed by atoms with Gasteiger partial charge in [0.1, 0.15) is 0 Å². The van der Waals surface area contributed by atoms with Crippen molar-refractivity contribution in [3.63, 3.8) is 0 Å². The maximum absolute atomic E-state index is 12.7. The van der Waals surface area contributed by atoms with Crippen molar-refractivity contribution in [2.24, 2.45) is 0 Å². The van der Waals surface area contributed by atoms with Gasteiger partial charge in [-0.2, -0.15) is 0 Å². The molecule has 1 aliphatic heterocycles. The second-order valence-electron chi connectivity index (χ2n) is 6.47. The summed E-state index contributed by atoms with van der Waals surface area (Å²) in [6.45, 7) is 6.34. The lowest BCUT2D eigenvalue weighted by Gasteiger charge is -2.36. The normalized spacial score (nSPS) is 14.4. The molecule has 3 rings (SSSR count). The average molecular weight is 374 g/mol. The highest BCUT2D eigenvalue weighted by atomic mass is 35.5. The number of rotatable bonds is 3. The van der Waals surface area contributed by atoms with Gasteiger partial charge in [-0.1, -0.05) is 17.7 Å². The summed E-state index contributed by atoms with van der Waals surface area (Å²) in [5.41, 5.74) is 3.48. The van der Waals surface area contributed by atoms with Gasteiger partial charge < -0.3 is 9.80 Å². The topological polar surface area (TPSA) is 66.7 Å².